The van der Waals surface area contributed by atoms with Gasteiger partial charge >= 0.3 is 0 Å². The Morgan fingerprint density at radius 2 is 2.14 bits per heavy atom. The zero-order valence-electron chi connectivity index (χ0n) is 12.6. The van der Waals surface area contributed by atoms with Gasteiger partial charge in [-0.25, -0.2) is 0 Å². The number of hydrogen-bond donors (Lipinski definition) is 1. The van der Waals surface area contributed by atoms with Crippen LogP contribution in [0.5, 0.6) is 0 Å². The van der Waals surface area contributed by atoms with Crippen molar-refractivity contribution in [1.82, 2.24) is 4.90 Å². The maximum Gasteiger partial charge on any atom is 0.293 e. The molecule has 1 aliphatic carbocycles. The van der Waals surface area contributed by atoms with Gasteiger partial charge in [0.2, 0.25) is 0 Å². The van der Waals surface area contributed by atoms with Crippen LogP contribution in [0.25, 0.3) is 0 Å². The summed E-state index contributed by atoms with van der Waals surface area (Å²) in [5, 5.41) is 14.3. The van der Waals surface area contributed by atoms with Crippen LogP contribution in [0.4, 0.5) is 11.4 Å². The highest BCUT2D eigenvalue weighted by molar-refractivity contribution is 5.95. The number of nitrogens with zero attached hydrogens (tertiary/aromatic N) is 2. The third-order valence-electron chi connectivity index (χ3n) is 3.93. The lowest BCUT2D eigenvalue weighted by atomic mass is 10.1. The molecule has 0 saturated heterocycles. The molecule has 1 aliphatic rings. The Morgan fingerprint density at radius 1 is 1.48 bits per heavy atom. The molecule has 0 radical (unpaired) electrons. The zero-order chi connectivity index (χ0) is 15.6. The van der Waals surface area contributed by atoms with Crippen molar-refractivity contribution < 1.29 is 9.72 Å². The predicted octanol–water partition coefficient (Wildman–Crippen LogP) is 2.55. The molecule has 1 unspecified atom stereocenters. The maximum atomic E-state index is 11.3. The monoisotopic (exact) mass is 291 g/mol. The van der Waals surface area contributed by atoms with Crippen LogP contribution in [0.1, 0.15) is 30.1 Å². The van der Waals surface area contributed by atoms with Crippen LogP contribution in [0, 0.1) is 16.0 Å². The largest absolute Gasteiger partial charge is 0.378 e. The van der Waals surface area contributed by atoms with Crippen LogP contribution in [0.2, 0.25) is 0 Å². The first-order chi connectivity index (χ1) is 9.90. The molecular formula is C15H21N3O3. The van der Waals surface area contributed by atoms with Crippen LogP contribution in [0.3, 0.4) is 0 Å². The van der Waals surface area contributed by atoms with E-state index in [2.05, 4.69) is 10.2 Å². The molecule has 114 valence electrons. The Hall–Kier alpha value is -1.95. The topological polar surface area (TPSA) is 75.5 Å². The number of nitro groups is 1. The summed E-state index contributed by atoms with van der Waals surface area (Å²) in [5.41, 5.74) is 0.784. The standard InChI is InChI=1S/C15H21N3O3/c1-10(19)12-6-7-13(14(8-12)18(20)21)16-9-15(17(2)3)11-4-5-11/h6-8,11,15-16H,4-5,9H2,1-3H3. The van der Waals surface area contributed by atoms with Crippen molar-refractivity contribution >= 4 is 17.2 Å². The van der Waals surface area contributed by atoms with Gasteiger partial charge in [0.1, 0.15) is 5.69 Å². The number of nitrogens with one attached hydrogen (secondary N) is 1. The molecule has 0 heterocycles. The third kappa shape index (κ3) is 3.78. The SMILES string of the molecule is CC(=O)c1ccc(NCC(C2CC2)N(C)C)c([N+](=O)[O-])c1. The van der Waals surface area contributed by atoms with Crippen LogP contribution >= 0.6 is 0 Å². The summed E-state index contributed by atoms with van der Waals surface area (Å²) < 4.78 is 0. The molecule has 0 amide bonds. The molecule has 1 aromatic carbocycles. The van der Waals surface area contributed by atoms with E-state index in [0.29, 0.717) is 29.8 Å². The minimum Gasteiger partial charge on any atom is -0.378 e. The lowest BCUT2D eigenvalue weighted by molar-refractivity contribution is -0.384. The first-order valence-corrected chi connectivity index (χ1v) is 7.10. The molecular weight excluding hydrogens is 270 g/mol. The summed E-state index contributed by atoms with van der Waals surface area (Å²) >= 11 is 0. The average Bonchev–Trinajstić information content (AvgIpc) is 3.22. The number of hydrogen-bond acceptors (Lipinski definition) is 5. The number of rotatable bonds is 7. The van der Waals surface area contributed by atoms with Crippen LogP contribution in [0.15, 0.2) is 18.2 Å². The first-order valence-electron chi connectivity index (χ1n) is 7.10. The van der Waals surface area contributed by atoms with Crippen molar-refractivity contribution in [2.45, 2.75) is 25.8 Å². The van der Waals surface area contributed by atoms with Crippen molar-refractivity contribution in [3.05, 3.63) is 33.9 Å². The van der Waals surface area contributed by atoms with Gasteiger partial charge in [-0.1, -0.05) is 0 Å². The minimum absolute atomic E-state index is 0.0454. The van der Waals surface area contributed by atoms with E-state index in [9.17, 15) is 14.9 Å². The van der Waals surface area contributed by atoms with E-state index in [4.69, 9.17) is 0 Å². The van der Waals surface area contributed by atoms with Gasteiger partial charge in [-0.15, -0.1) is 0 Å². The molecule has 2 rings (SSSR count). The predicted molar refractivity (Wildman–Crippen MR) is 81.8 cm³/mol. The molecule has 21 heavy (non-hydrogen) atoms. The van der Waals surface area contributed by atoms with Crippen molar-refractivity contribution in [3.8, 4) is 0 Å². The Bertz CT molecular complexity index is 551. The van der Waals surface area contributed by atoms with Gasteiger partial charge in [-0.05, 0) is 51.9 Å². The molecule has 1 aromatic rings. The number of Topliss-reactive ketones (excluding diaryl/α,β-unsaturated/α-hetero) is 1. The van der Waals surface area contributed by atoms with E-state index in [0.717, 1.165) is 0 Å². The van der Waals surface area contributed by atoms with Gasteiger partial charge < -0.3 is 10.2 Å². The van der Waals surface area contributed by atoms with Crippen LogP contribution in [-0.4, -0.2) is 42.3 Å². The van der Waals surface area contributed by atoms with E-state index in [1.54, 1.807) is 12.1 Å². The second-order valence-electron chi connectivity index (χ2n) is 5.79. The Balaban J connectivity index is 2.15. The van der Waals surface area contributed by atoms with Crippen LogP contribution in [-0.2, 0) is 0 Å². The van der Waals surface area contributed by atoms with Gasteiger partial charge in [0.05, 0.1) is 4.92 Å². The summed E-state index contributed by atoms with van der Waals surface area (Å²) in [6.07, 6.45) is 2.44. The van der Waals surface area contributed by atoms with Gasteiger partial charge in [-0.3, -0.25) is 14.9 Å². The van der Waals surface area contributed by atoms with Crippen molar-refractivity contribution in [3.63, 3.8) is 0 Å². The zero-order valence-corrected chi connectivity index (χ0v) is 12.6. The molecule has 0 aliphatic heterocycles. The summed E-state index contributed by atoms with van der Waals surface area (Å²) in [4.78, 5) is 24.2. The maximum absolute atomic E-state index is 11.3. The molecule has 0 bridgehead atoms. The quantitative estimate of drug-likeness (QED) is 0.474. The van der Waals surface area contributed by atoms with E-state index in [1.165, 1.54) is 25.8 Å². The van der Waals surface area contributed by atoms with Crippen molar-refractivity contribution in [2.75, 3.05) is 26.0 Å². The molecule has 6 nitrogen and oxygen atoms in total. The Morgan fingerprint density at radius 3 is 2.62 bits per heavy atom. The molecule has 0 aromatic heterocycles. The second-order valence-corrected chi connectivity index (χ2v) is 5.79. The van der Waals surface area contributed by atoms with E-state index < -0.39 is 4.92 Å². The number of nitro benzene ring substituents is 1. The Kier molecular flexibility index (Phi) is 4.57. The number of likely N-dealkylation sites (N-methyl/N-ethyl adjacent to an activating group) is 1. The number of carbonyl (C=O) groups excluding carboxylic acids is 1. The summed E-state index contributed by atoms with van der Waals surface area (Å²) in [6.45, 7) is 2.07. The number of ketones is 1. The molecule has 1 saturated carbocycles. The van der Waals surface area contributed by atoms with Crippen LogP contribution < -0.4 is 5.32 Å². The molecule has 1 N–H and O–H groups in total. The lowest BCUT2D eigenvalue weighted by Crippen LogP contribution is -2.36. The molecule has 6 heteroatoms. The fourth-order valence-corrected chi connectivity index (χ4v) is 2.52. The highest BCUT2D eigenvalue weighted by atomic mass is 16.6. The number of anilines is 1. The lowest BCUT2D eigenvalue weighted by Gasteiger charge is -2.24. The third-order valence-corrected chi connectivity index (χ3v) is 3.93. The van der Waals surface area contributed by atoms with Crippen molar-refractivity contribution in [1.29, 1.82) is 0 Å². The normalized spacial score (nSPS) is 15.8. The van der Waals surface area contributed by atoms with Gasteiger partial charge in [0.25, 0.3) is 5.69 Å². The highest BCUT2D eigenvalue weighted by Gasteiger charge is 2.32. The van der Waals surface area contributed by atoms with Gasteiger partial charge in [0, 0.05) is 24.2 Å². The molecule has 0 spiro atoms. The van der Waals surface area contributed by atoms with Gasteiger partial charge in [0.15, 0.2) is 5.78 Å². The minimum atomic E-state index is -0.448. The Labute approximate surface area is 124 Å². The van der Waals surface area contributed by atoms with E-state index in [-0.39, 0.29) is 11.5 Å². The average molecular weight is 291 g/mol. The fraction of sp³-hybridized carbons (Fsp3) is 0.533. The number of carbonyl (C=O) groups is 1. The van der Waals surface area contributed by atoms with E-state index in [1.807, 2.05) is 14.1 Å². The fourth-order valence-electron chi connectivity index (χ4n) is 2.52. The second kappa shape index (κ2) is 6.22. The highest BCUT2D eigenvalue weighted by Crippen LogP contribution is 2.35. The van der Waals surface area contributed by atoms with Gasteiger partial charge in [-0.2, -0.15) is 0 Å². The first kappa shape index (κ1) is 15.4. The summed E-state index contributed by atoms with van der Waals surface area (Å²) in [7, 11) is 4.05. The molecule has 1 atom stereocenters. The van der Waals surface area contributed by atoms with Crippen molar-refractivity contribution in [2.24, 2.45) is 5.92 Å². The smallest absolute Gasteiger partial charge is 0.293 e. The van der Waals surface area contributed by atoms with E-state index >= 15 is 0 Å². The number of benzene rings is 1. The summed E-state index contributed by atoms with van der Waals surface area (Å²) in [6, 6.07) is 4.96. The molecule has 1 fully saturated rings. The summed E-state index contributed by atoms with van der Waals surface area (Å²) in [5.74, 6) is 0.497.